The van der Waals surface area contributed by atoms with E-state index < -0.39 is 0 Å². The second-order valence-electron chi connectivity index (χ2n) is 2.83. The van der Waals surface area contributed by atoms with Gasteiger partial charge in [0.1, 0.15) is 0 Å². The van der Waals surface area contributed by atoms with E-state index in [0.29, 0.717) is 6.04 Å². The lowest BCUT2D eigenvalue weighted by molar-refractivity contribution is 0.664. The molecule has 1 atom stereocenters. The van der Waals surface area contributed by atoms with E-state index >= 15 is 0 Å². The molecular formula is C9H10BrNS. The SMILES string of the molecule is CNC1CSc2cc(Br)ccc21. The van der Waals surface area contributed by atoms with E-state index in [2.05, 4.69) is 39.4 Å². The Hall–Kier alpha value is 0.01000. The summed E-state index contributed by atoms with van der Waals surface area (Å²) in [4.78, 5) is 1.41. The van der Waals surface area contributed by atoms with Crippen LogP contribution in [0.1, 0.15) is 11.6 Å². The average Bonchev–Trinajstić information content (AvgIpc) is 2.46. The predicted molar refractivity (Wildman–Crippen MR) is 56.7 cm³/mol. The van der Waals surface area contributed by atoms with Crippen molar-refractivity contribution >= 4 is 27.7 Å². The molecule has 0 fully saturated rings. The molecule has 0 amide bonds. The Morgan fingerprint density at radius 2 is 2.42 bits per heavy atom. The van der Waals surface area contributed by atoms with E-state index in [1.54, 1.807) is 0 Å². The quantitative estimate of drug-likeness (QED) is 0.815. The Labute approximate surface area is 85.1 Å². The van der Waals surface area contributed by atoms with E-state index in [0.717, 1.165) is 5.75 Å². The molecule has 0 bridgehead atoms. The van der Waals surface area contributed by atoms with Gasteiger partial charge in [0.2, 0.25) is 0 Å². The van der Waals surface area contributed by atoms with Crippen LogP contribution in [-0.2, 0) is 0 Å². The van der Waals surface area contributed by atoms with Crippen molar-refractivity contribution < 1.29 is 0 Å². The number of rotatable bonds is 1. The molecule has 0 aromatic heterocycles. The van der Waals surface area contributed by atoms with Crippen LogP contribution in [0.15, 0.2) is 27.6 Å². The molecule has 0 radical (unpaired) electrons. The lowest BCUT2D eigenvalue weighted by Crippen LogP contribution is -2.15. The fourth-order valence-electron chi connectivity index (χ4n) is 1.42. The fourth-order valence-corrected chi connectivity index (χ4v) is 3.22. The molecule has 2 rings (SSSR count). The summed E-state index contributed by atoms with van der Waals surface area (Å²) in [5.41, 5.74) is 1.44. The summed E-state index contributed by atoms with van der Waals surface area (Å²) in [6.07, 6.45) is 0. The minimum absolute atomic E-state index is 0.540. The highest BCUT2D eigenvalue weighted by Crippen LogP contribution is 2.39. The summed E-state index contributed by atoms with van der Waals surface area (Å²) in [6, 6.07) is 7.03. The molecular weight excluding hydrogens is 234 g/mol. The molecule has 1 N–H and O–H groups in total. The zero-order valence-electron chi connectivity index (χ0n) is 6.80. The molecule has 1 aliphatic heterocycles. The van der Waals surface area contributed by atoms with Gasteiger partial charge in [-0.3, -0.25) is 0 Å². The van der Waals surface area contributed by atoms with Crippen LogP contribution in [0.5, 0.6) is 0 Å². The third-order valence-electron chi connectivity index (χ3n) is 2.10. The van der Waals surface area contributed by atoms with Gasteiger partial charge in [-0.1, -0.05) is 22.0 Å². The molecule has 12 heavy (non-hydrogen) atoms. The van der Waals surface area contributed by atoms with E-state index in [9.17, 15) is 0 Å². The number of hydrogen-bond acceptors (Lipinski definition) is 2. The monoisotopic (exact) mass is 243 g/mol. The van der Waals surface area contributed by atoms with Crippen LogP contribution in [0.3, 0.4) is 0 Å². The van der Waals surface area contributed by atoms with Crippen LogP contribution >= 0.6 is 27.7 Å². The van der Waals surface area contributed by atoms with Crippen molar-refractivity contribution in [1.82, 2.24) is 5.32 Å². The van der Waals surface area contributed by atoms with Crippen LogP contribution in [0, 0.1) is 0 Å². The first-order chi connectivity index (χ1) is 5.81. The van der Waals surface area contributed by atoms with Crippen LogP contribution in [0.25, 0.3) is 0 Å². The zero-order valence-corrected chi connectivity index (χ0v) is 9.21. The van der Waals surface area contributed by atoms with Gasteiger partial charge in [-0.25, -0.2) is 0 Å². The molecule has 1 aliphatic rings. The Morgan fingerprint density at radius 3 is 3.17 bits per heavy atom. The molecule has 1 aromatic rings. The second-order valence-corrected chi connectivity index (χ2v) is 4.81. The minimum atomic E-state index is 0.540. The summed E-state index contributed by atoms with van der Waals surface area (Å²) in [5.74, 6) is 1.16. The molecule has 1 aromatic carbocycles. The lowest BCUT2D eigenvalue weighted by Gasteiger charge is -2.07. The summed E-state index contributed by atoms with van der Waals surface area (Å²) in [7, 11) is 2.02. The molecule has 0 saturated heterocycles. The van der Waals surface area contributed by atoms with E-state index in [1.165, 1.54) is 14.9 Å². The molecule has 0 aliphatic carbocycles. The van der Waals surface area contributed by atoms with Crippen molar-refractivity contribution in [2.45, 2.75) is 10.9 Å². The van der Waals surface area contributed by atoms with Gasteiger partial charge in [0.05, 0.1) is 0 Å². The van der Waals surface area contributed by atoms with Gasteiger partial charge in [-0.15, -0.1) is 11.8 Å². The molecule has 3 heteroatoms. The highest BCUT2D eigenvalue weighted by molar-refractivity contribution is 9.10. The summed E-state index contributed by atoms with van der Waals surface area (Å²) in [6.45, 7) is 0. The van der Waals surface area contributed by atoms with Crippen LogP contribution in [-0.4, -0.2) is 12.8 Å². The first kappa shape index (κ1) is 8.60. The Morgan fingerprint density at radius 1 is 1.58 bits per heavy atom. The first-order valence-electron chi connectivity index (χ1n) is 3.91. The van der Waals surface area contributed by atoms with Crippen molar-refractivity contribution in [2.75, 3.05) is 12.8 Å². The maximum Gasteiger partial charge on any atom is 0.0424 e. The second kappa shape index (κ2) is 3.40. The Bertz CT molecular complexity index is 301. The maximum atomic E-state index is 3.47. The highest BCUT2D eigenvalue weighted by atomic mass is 79.9. The number of benzene rings is 1. The third-order valence-corrected chi connectivity index (χ3v) is 3.76. The summed E-state index contributed by atoms with van der Waals surface area (Å²) >= 11 is 5.40. The third kappa shape index (κ3) is 1.41. The fraction of sp³-hybridized carbons (Fsp3) is 0.333. The predicted octanol–water partition coefficient (Wildman–Crippen LogP) is 2.82. The summed E-state index contributed by atoms with van der Waals surface area (Å²) in [5, 5.41) is 3.30. The number of nitrogens with one attached hydrogen (secondary N) is 1. The summed E-state index contributed by atoms with van der Waals surface area (Å²) < 4.78 is 1.17. The minimum Gasteiger partial charge on any atom is -0.312 e. The van der Waals surface area contributed by atoms with Crippen LogP contribution in [0.4, 0.5) is 0 Å². The number of halogens is 1. The molecule has 1 heterocycles. The van der Waals surface area contributed by atoms with Crippen LogP contribution < -0.4 is 5.32 Å². The number of fused-ring (bicyclic) bond motifs is 1. The van der Waals surface area contributed by atoms with Crippen molar-refractivity contribution in [3.05, 3.63) is 28.2 Å². The Balaban J connectivity index is 2.40. The standard InChI is InChI=1S/C9H10BrNS/c1-11-8-5-12-9-4-6(10)2-3-7(8)9/h2-4,8,11H,5H2,1H3. The van der Waals surface area contributed by atoms with E-state index in [4.69, 9.17) is 0 Å². The zero-order chi connectivity index (χ0) is 8.55. The van der Waals surface area contributed by atoms with Gasteiger partial charge in [-0.05, 0) is 24.7 Å². The molecule has 64 valence electrons. The molecule has 1 nitrogen and oxygen atoms in total. The average molecular weight is 244 g/mol. The largest absolute Gasteiger partial charge is 0.312 e. The van der Waals surface area contributed by atoms with Gasteiger partial charge in [0.25, 0.3) is 0 Å². The van der Waals surface area contributed by atoms with Crippen molar-refractivity contribution in [2.24, 2.45) is 0 Å². The van der Waals surface area contributed by atoms with Crippen molar-refractivity contribution in [1.29, 1.82) is 0 Å². The first-order valence-corrected chi connectivity index (χ1v) is 5.68. The molecule has 0 saturated carbocycles. The normalized spacial score (nSPS) is 21.0. The smallest absolute Gasteiger partial charge is 0.0424 e. The van der Waals surface area contributed by atoms with Gasteiger partial charge < -0.3 is 5.32 Å². The topological polar surface area (TPSA) is 12.0 Å². The van der Waals surface area contributed by atoms with Gasteiger partial charge in [0, 0.05) is 21.2 Å². The highest BCUT2D eigenvalue weighted by Gasteiger charge is 2.20. The van der Waals surface area contributed by atoms with Gasteiger partial charge in [0.15, 0.2) is 0 Å². The van der Waals surface area contributed by atoms with Crippen molar-refractivity contribution in [3.63, 3.8) is 0 Å². The Kier molecular flexibility index (Phi) is 2.44. The van der Waals surface area contributed by atoms with E-state index in [-0.39, 0.29) is 0 Å². The van der Waals surface area contributed by atoms with E-state index in [1.807, 2.05) is 18.8 Å². The molecule has 1 unspecified atom stereocenters. The number of thioether (sulfide) groups is 1. The van der Waals surface area contributed by atoms with Crippen molar-refractivity contribution in [3.8, 4) is 0 Å². The number of hydrogen-bond donors (Lipinski definition) is 1. The van der Waals surface area contributed by atoms with Crippen LogP contribution in [0.2, 0.25) is 0 Å². The van der Waals surface area contributed by atoms with Gasteiger partial charge >= 0.3 is 0 Å². The van der Waals surface area contributed by atoms with Gasteiger partial charge in [-0.2, -0.15) is 0 Å². The molecule has 0 spiro atoms. The maximum absolute atomic E-state index is 3.47. The lowest BCUT2D eigenvalue weighted by atomic mass is 10.1.